The van der Waals surface area contributed by atoms with Crippen LogP contribution < -0.4 is 10.2 Å². The van der Waals surface area contributed by atoms with Crippen molar-refractivity contribution < 1.29 is 4.79 Å². The number of nitrogens with one attached hydrogen (secondary N) is 1. The maximum absolute atomic E-state index is 12.7. The van der Waals surface area contributed by atoms with Crippen LogP contribution in [-0.2, 0) is 4.79 Å². The van der Waals surface area contributed by atoms with Crippen LogP contribution in [-0.4, -0.2) is 44.0 Å². The van der Waals surface area contributed by atoms with Crippen molar-refractivity contribution in [3.63, 3.8) is 0 Å². The Hall–Kier alpha value is -2.09. The van der Waals surface area contributed by atoms with Gasteiger partial charge in [0.05, 0.1) is 16.2 Å². The molecule has 0 aliphatic carbocycles. The molecule has 1 fully saturated rings. The van der Waals surface area contributed by atoms with Crippen molar-refractivity contribution in [3.8, 4) is 0 Å². The predicted molar refractivity (Wildman–Crippen MR) is 146 cm³/mol. The summed E-state index contributed by atoms with van der Waals surface area (Å²) < 4.78 is -1.83. The largest absolute Gasteiger partial charge is 0.328 e. The van der Waals surface area contributed by atoms with E-state index in [1.165, 1.54) is 6.08 Å². The molecule has 3 aromatic rings. The number of anilines is 1. The van der Waals surface area contributed by atoms with Gasteiger partial charge in [0.15, 0.2) is 11.3 Å². The minimum Gasteiger partial charge on any atom is -0.328 e. The Labute approximate surface area is 223 Å². The zero-order valence-electron chi connectivity index (χ0n) is 17.8. The van der Waals surface area contributed by atoms with Gasteiger partial charge in [-0.25, -0.2) is 0 Å². The molecule has 0 radical (unpaired) electrons. The van der Waals surface area contributed by atoms with Gasteiger partial charge in [-0.3, -0.25) is 9.78 Å². The molecule has 0 bridgehead atoms. The van der Waals surface area contributed by atoms with E-state index < -0.39 is 15.9 Å². The van der Waals surface area contributed by atoms with Gasteiger partial charge in [-0.1, -0.05) is 88.9 Å². The maximum Gasteiger partial charge on any atom is 0.245 e. The van der Waals surface area contributed by atoms with Crippen LogP contribution in [0, 0.1) is 0 Å². The number of carbonyl (C=O) groups is 1. The highest BCUT2D eigenvalue weighted by molar-refractivity contribution is 7.80. The SMILES string of the molecule is O=C(/C=C/c1ccccc1)NC(N1CCCN(c2cccc3cc(Cl)cnc23)C1=S)C(Cl)(Cl)Cl. The Kier molecular flexibility index (Phi) is 7.85. The van der Waals surface area contributed by atoms with Gasteiger partial charge in [-0.2, -0.15) is 0 Å². The molecule has 2 aromatic carbocycles. The van der Waals surface area contributed by atoms with Gasteiger partial charge in [0, 0.05) is 30.7 Å². The normalized spacial score (nSPS) is 15.7. The average Bonchev–Trinajstić information content (AvgIpc) is 2.81. The third kappa shape index (κ3) is 5.75. The molecule has 1 aromatic heterocycles. The van der Waals surface area contributed by atoms with E-state index >= 15 is 0 Å². The van der Waals surface area contributed by atoms with Crippen molar-refractivity contribution in [2.75, 3.05) is 18.0 Å². The molecule has 1 N–H and O–H groups in total. The molecule has 1 aliphatic rings. The second kappa shape index (κ2) is 10.7. The fraction of sp³-hybridized carbons (Fsp3) is 0.208. The molecule has 10 heteroatoms. The smallest absolute Gasteiger partial charge is 0.245 e. The fourth-order valence-electron chi connectivity index (χ4n) is 3.80. The summed E-state index contributed by atoms with van der Waals surface area (Å²) in [6, 6.07) is 17.1. The van der Waals surface area contributed by atoms with Crippen LogP contribution in [0.25, 0.3) is 17.0 Å². The number of hydrogen-bond acceptors (Lipinski definition) is 3. The van der Waals surface area contributed by atoms with Gasteiger partial charge in [0.1, 0.15) is 0 Å². The number of fused-ring (bicyclic) bond motifs is 1. The van der Waals surface area contributed by atoms with E-state index in [0.717, 1.165) is 28.6 Å². The van der Waals surface area contributed by atoms with Crippen LogP contribution in [0.3, 0.4) is 0 Å². The van der Waals surface area contributed by atoms with Crippen LogP contribution in [0.4, 0.5) is 5.69 Å². The lowest BCUT2D eigenvalue weighted by molar-refractivity contribution is -0.117. The summed E-state index contributed by atoms with van der Waals surface area (Å²) in [7, 11) is 0. The van der Waals surface area contributed by atoms with E-state index in [-0.39, 0.29) is 0 Å². The number of thiocarbonyl (C=S) groups is 1. The summed E-state index contributed by atoms with van der Waals surface area (Å²) in [5, 5.41) is 4.67. The Morgan fingerprint density at radius 2 is 1.88 bits per heavy atom. The summed E-state index contributed by atoms with van der Waals surface area (Å²) >= 11 is 30.9. The Balaban J connectivity index is 1.59. The van der Waals surface area contributed by atoms with E-state index in [0.29, 0.717) is 23.2 Å². The number of rotatable bonds is 5. The number of aromatic nitrogens is 1. The van der Waals surface area contributed by atoms with Crippen LogP contribution in [0.2, 0.25) is 5.02 Å². The van der Waals surface area contributed by atoms with Crippen molar-refractivity contribution in [2.24, 2.45) is 0 Å². The lowest BCUT2D eigenvalue weighted by Gasteiger charge is -2.44. The number of hydrogen-bond donors (Lipinski definition) is 1. The van der Waals surface area contributed by atoms with Gasteiger partial charge < -0.3 is 15.1 Å². The summed E-state index contributed by atoms with van der Waals surface area (Å²) in [6.45, 7) is 1.17. The van der Waals surface area contributed by atoms with Crippen LogP contribution >= 0.6 is 58.6 Å². The molecule has 2 heterocycles. The minimum atomic E-state index is -1.83. The Morgan fingerprint density at radius 1 is 1.12 bits per heavy atom. The molecule has 1 saturated heterocycles. The van der Waals surface area contributed by atoms with E-state index in [9.17, 15) is 4.79 Å². The average molecular weight is 554 g/mol. The Bertz CT molecular complexity index is 1230. The van der Waals surface area contributed by atoms with Crippen molar-refractivity contribution >= 4 is 92.3 Å². The number of pyridine rings is 1. The number of benzene rings is 2. The van der Waals surface area contributed by atoms with E-state index in [4.69, 9.17) is 58.6 Å². The molecule has 176 valence electrons. The van der Waals surface area contributed by atoms with Crippen molar-refractivity contribution in [2.45, 2.75) is 16.4 Å². The molecule has 0 saturated carbocycles. The van der Waals surface area contributed by atoms with Crippen LogP contribution in [0.15, 0.2) is 66.9 Å². The second-order valence-corrected chi connectivity index (χ2v) is 10.9. The van der Waals surface area contributed by atoms with Crippen molar-refractivity contribution in [1.29, 1.82) is 0 Å². The lowest BCUT2D eigenvalue weighted by Crippen LogP contribution is -2.62. The highest BCUT2D eigenvalue weighted by atomic mass is 35.6. The molecule has 1 atom stereocenters. The molecule has 34 heavy (non-hydrogen) atoms. The van der Waals surface area contributed by atoms with Gasteiger partial charge in [0.2, 0.25) is 9.70 Å². The van der Waals surface area contributed by atoms with Crippen molar-refractivity contribution in [3.05, 3.63) is 77.5 Å². The van der Waals surface area contributed by atoms with Gasteiger partial charge >= 0.3 is 0 Å². The van der Waals surface area contributed by atoms with Crippen LogP contribution in [0.5, 0.6) is 0 Å². The van der Waals surface area contributed by atoms with E-state index in [1.54, 1.807) is 17.2 Å². The number of halogens is 4. The third-order valence-electron chi connectivity index (χ3n) is 5.33. The van der Waals surface area contributed by atoms with Crippen LogP contribution in [0.1, 0.15) is 12.0 Å². The standard InChI is InChI=1S/C24H20Cl4N4OS/c25-18-14-17-8-4-9-19(21(17)29-15-18)31-12-5-13-32(23(31)34)22(24(26,27)28)30-20(33)11-10-16-6-2-1-3-7-16/h1-4,6-11,14-15,22H,5,12-13H2,(H,30,33)/b11-10+. The monoisotopic (exact) mass is 552 g/mol. The second-order valence-electron chi connectivity index (χ2n) is 7.68. The molecular formula is C24H20Cl4N4OS. The first-order chi connectivity index (χ1) is 16.2. The van der Waals surface area contributed by atoms with E-state index in [1.807, 2.05) is 59.5 Å². The quantitative estimate of drug-likeness (QED) is 0.231. The Morgan fingerprint density at radius 3 is 2.62 bits per heavy atom. The zero-order chi connectivity index (χ0) is 24.3. The zero-order valence-corrected chi connectivity index (χ0v) is 21.6. The minimum absolute atomic E-state index is 0.401. The fourth-order valence-corrected chi connectivity index (χ4v) is 4.87. The van der Waals surface area contributed by atoms with E-state index in [2.05, 4.69) is 10.3 Å². The van der Waals surface area contributed by atoms with Crippen molar-refractivity contribution in [1.82, 2.24) is 15.2 Å². The summed E-state index contributed by atoms with van der Waals surface area (Å²) in [5.74, 6) is -0.401. The lowest BCUT2D eigenvalue weighted by atomic mass is 10.1. The third-order valence-corrected chi connectivity index (χ3v) is 6.61. The topological polar surface area (TPSA) is 48.5 Å². The number of alkyl halides is 3. The first-order valence-corrected chi connectivity index (χ1v) is 12.4. The number of carbonyl (C=O) groups excluding carboxylic acids is 1. The van der Waals surface area contributed by atoms with Gasteiger partial charge in [-0.15, -0.1) is 0 Å². The summed E-state index contributed by atoms with van der Waals surface area (Å²) in [6.07, 6.45) is 4.46. The molecular weight excluding hydrogens is 534 g/mol. The van der Waals surface area contributed by atoms with Gasteiger partial charge in [-0.05, 0) is 42.4 Å². The first kappa shape index (κ1) is 25.0. The van der Waals surface area contributed by atoms with Gasteiger partial charge in [0.25, 0.3) is 0 Å². The highest BCUT2D eigenvalue weighted by Crippen LogP contribution is 2.35. The number of para-hydroxylation sites is 1. The maximum atomic E-state index is 12.7. The number of nitrogens with zero attached hydrogens (tertiary/aromatic N) is 3. The summed E-state index contributed by atoms with van der Waals surface area (Å²) in [4.78, 5) is 20.9. The molecule has 0 spiro atoms. The molecule has 1 amide bonds. The first-order valence-electron chi connectivity index (χ1n) is 10.5. The molecule has 4 rings (SSSR count). The number of amides is 1. The summed E-state index contributed by atoms with van der Waals surface area (Å²) in [5.41, 5.74) is 2.46. The highest BCUT2D eigenvalue weighted by Gasteiger charge is 2.42. The molecule has 5 nitrogen and oxygen atoms in total. The predicted octanol–water partition coefficient (Wildman–Crippen LogP) is 6.21. The molecule has 1 aliphatic heterocycles. The molecule has 1 unspecified atom stereocenters.